The van der Waals surface area contributed by atoms with Crippen molar-refractivity contribution in [3.8, 4) is 11.5 Å². The smallest absolute Gasteiger partial charge is 0.343 e. The van der Waals surface area contributed by atoms with E-state index in [1.54, 1.807) is 24.3 Å². The zero-order chi connectivity index (χ0) is 25.9. The van der Waals surface area contributed by atoms with Gasteiger partial charge in [0.05, 0.1) is 11.1 Å². The molecule has 0 saturated carbocycles. The summed E-state index contributed by atoms with van der Waals surface area (Å²) < 4.78 is 17.4. The molecule has 4 rings (SSSR count). The fourth-order valence-electron chi connectivity index (χ4n) is 5.02. The molecule has 1 aliphatic rings. The van der Waals surface area contributed by atoms with Crippen LogP contribution in [0.3, 0.4) is 0 Å². The predicted octanol–water partition coefficient (Wildman–Crippen LogP) is 7.05. The van der Waals surface area contributed by atoms with E-state index in [0.717, 1.165) is 41.7 Å². The summed E-state index contributed by atoms with van der Waals surface area (Å²) in [5, 5.41) is 0. The number of benzene rings is 3. The number of hydrogen-bond acceptors (Lipinski definition) is 5. The quantitative estimate of drug-likeness (QED) is 0.264. The summed E-state index contributed by atoms with van der Waals surface area (Å²) in [6.45, 7) is 10.8. The van der Waals surface area contributed by atoms with Gasteiger partial charge in [-0.1, -0.05) is 57.5 Å². The van der Waals surface area contributed by atoms with E-state index in [0.29, 0.717) is 16.9 Å². The van der Waals surface area contributed by atoms with Crippen LogP contribution in [0.5, 0.6) is 11.5 Å². The average molecular weight is 487 g/mol. The molecule has 3 aromatic rings. The highest BCUT2D eigenvalue weighted by atomic mass is 16.5. The number of carbonyl (C=O) groups is 2. The lowest BCUT2D eigenvalue weighted by atomic mass is 9.73. The van der Waals surface area contributed by atoms with Crippen molar-refractivity contribution in [3.05, 3.63) is 94.5 Å². The molecule has 0 N–H and O–H groups in total. The maximum atomic E-state index is 13.3. The van der Waals surface area contributed by atoms with Gasteiger partial charge in [-0.15, -0.1) is 0 Å². The second kappa shape index (κ2) is 10.2. The normalized spacial score (nSPS) is 15.4. The zero-order valence-electron chi connectivity index (χ0n) is 21.7. The van der Waals surface area contributed by atoms with Crippen LogP contribution in [-0.4, -0.2) is 17.5 Å². The Morgan fingerprint density at radius 3 is 2.28 bits per heavy atom. The molecule has 5 nitrogen and oxygen atoms in total. The molecule has 0 radical (unpaired) electrons. The molecule has 36 heavy (non-hydrogen) atoms. The van der Waals surface area contributed by atoms with Gasteiger partial charge in [0.2, 0.25) is 0 Å². The van der Waals surface area contributed by atoms with Gasteiger partial charge >= 0.3 is 11.9 Å². The van der Waals surface area contributed by atoms with Gasteiger partial charge in [0.25, 0.3) is 0 Å². The Bertz CT molecular complexity index is 1240. The topological polar surface area (TPSA) is 61.8 Å². The SMILES string of the molecule is CCCc1cc2c(cc1C(=O)Oc1ccc(C(=O)OCc3ccccc3)cc1)C(C)(C)CC(C)(C)O2. The monoisotopic (exact) mass is 486 g/mol. The van der Waals surface area contributed by atoms with Crippen molar-refractivity contribution < 1.29 is 23.8 Å². The summed E-state index contributed by atoms with van der Waals surface area (Å²) in [6.07, 6.45) is 2.48. The van der Waals surface area contributed by atoms with Crippen LogP contribution in [0, 0.1) is 0 Å². The van der Waals surface area contributed by atoms with Crippen LogP contribution < -0.4 is 9.47 Å². The Morgan fingerprint density at radius 1 is 0.917 bits per heavy atom. The molecule has 1 heterocycles. The van der Waals surface area contributed by atoms with Gasteiger partial charge in [0, 0.05) is 5.56 Å². The first-order chi connectivity index (χ1) is 17.1. The first-order valence-corrected chi connectivity index (χ1v) is 12.5. The van der Waals surface area contributed by atoms with Gasteiger partial charge in [-0.2, -0.15) is 0 Å². The van der Waals surface area contributed by atoms with Crippen LogP contribution in [-0.2, 0) is 23.2 Å². The van der Waals surface area contributed by atoms with Crippen LogP contribution in [0.25, 0.3) is 0 Å². The van der Waals surface area contributed by atoms with Crippen molar-refractivity contribution in [2.45, 2.75) is 71.5 Å². The summed E-state index contributed by atoms with van der Waals surface area (Å²) in [6, 6.07) is 19.9. The maximum absolute atomic E-state index is 13.3. The minimum atomic E-state index is -0.429. The van der Waals surface area contributed by atoms with Gasteiger partial charge in [0.1, 0.15) is 23.7 Å². The van der Waals surface area contributed by atoms with E-state index in [2.05, 4.69) is 34.6 Å². The fourth-order valence-corrected chi connectivity index (χ4v) is 5.02. The number of esters is 2. The Labute approximate surface area is 213 Å². The van der Waals surface area contributed by atoms with Gasteiger partial charge in [0.15, 0.2) is 0 Å². The summed E-state index contributed by atoms with van der Waals surface area (Å²) in [7, 11) is 0. The Morgan fingerprint density at radius 2 is 1.61 bits per heavy atom. The lowest BCUT2D eigenvalue weighted by molar-refractivity contribution is 0.0472. The summed E-state index contributed by atoms with van der Waals surface area (Å²) in [5.41, 5.74) is 3.39. The first kappa shape index (κ1) is 25.5. The molecular formula is C31H34O5. The van der Waals surface area contributed by atoms with Gasteiger partial charge in [-0.3, -0.25) is 0 Å². The molecule has 0 atom stereocenters. The standard InChI is InChI=1S/C31H34O5/c1-6-10-23-17-27-26(30(2,3)20-31(4,5)36-27)18-25(23)29(33)35-24-15-13-22(14-16-24)28(32)34-19-21-11-8-7-9-12-21/h7-9,11-18H,6,10,19-20H2,1-5H3. The second-order valence-corrected chi connectivity index (χ2v) is 10.7. The van der Waals surface area contributed by atoms with Gasteiger partial charge < -0.3 is 14.2 Å². The molecule has 5 heteroatoms. The highest BCUT2D eigenvalue weighted by molar-refractivity contribution is 5.94. The largest absolute Gasteiger partial charge is 0.488 e. The molecule has 0 spiro atoms. The minimum Gasteiger partial charge on any atom is -0.488 e. The van der Waals surface area contributed by atoms with Crippen LogP contribution >= 0.6 is 0 Å². The number of fused-ring (bicyclic) bond motifs is 1. The number of carbonyl (C=O) groups excluding carboxylic acids is 2. The van der Waals surface area contributed by atoms with Crippen molar-refractivity contribution in [1.82, 2.24) is 0 Å². The summed E-state index contributed by atoms with van der Waals surface area (Å²) in [5.74, 6) is 0.370. The second-order valence-electron chi connectivity index (χ2n) is 10.7. The molecular weight excluding hydrogens is 452 g/mol. The van der Waals surface area contributed by atoms with Crippen molar-refractivity contribution in [2.75, 3.05) is 0 Å². The first-order valence-electron chi connectivity index (χ1n) is 12.5. The Hall–Kier alpha value is -3.60. The van der Waals surface area contributed by atoms with Gasteiger partial charge in [-0.05, 0) is 79.6 Å². The lowest BCUT2D eigenvalue weighted by Crippen LogP contribution is -2.41. The molecule has 0 saturated heterocycles. The third-order valence-electron chi connectivity index (χ3n) is 6.44. The van der Waals surface area contributed by atoms with Crippen LogP contribution in [0.4, 0.5) is 0 Å². The van der Waals surface area contributed by atoms with Crippen LogP contribution in [0.1, 0.15) is 84.9 Å². The van der Waals surface area contributed by atoms with E-state index in [9.17, 15) is 9.59 Å². The van der Waals surface area contributed by atoms with E-state index in [1.807, 2.05) is 42.5 Å². The van der Waals surface area contributed by atoms with Crippen molar-refractivity contribution in [1.29, 1.82) is 0 Å². The van der Waals surface area contributed by atoms with E-state index in [4.69, 9.17) is 14.2 Å². The Balaban J connectivity index is 1.50. The number of ether oxygens (including phenoxy) is 3. The molecule has 0 fully saturated rings. The molecule has 0 unspecified atom stereocenters. The van der Waals surface area contributed by atoms with Crippen molar-refractivity contribution >= 4 is 11.9 Å². The van der Waals surface area contributed by atoms with Gasteiger partial charge in [-0.25, -0.2) is 9.59 Å². The predicted molar refractivity (Wildman–Crippen MR) is 140 cm³/mol. The number of rotatable bonds is 7. The zero-order valence-corrected chi connectivity index (χ0v) is 21.7. The third kappa shape index (κ3) is 5.78. The van der Waals surface area contributed by atoms with Crippen molar-refractivity contribution in [3.63, 3.8) is 0 Å². The third-order valence-corrected chi connectivity index (χ3v) is 6.44. The summed E-state index contributed by atoms with van der Waals surface area (Å²) in [4.78, 5) is 25.6. The molecule has 0 bridgehead atoms. The van der Waals surface area contributed by atoms with E-state index in [-0.39, 0.29) is 17.6 Å². The molecule has 0 aliphatic carbocycles. The van der Waals surface area contributed by atoms with E-state index >= 15 is 0 Å². The maximum Gasteiger partial charge on any atom is 0.343 e. The molecule has 0 aromatic heterocycles. The highest BCUT2D eigenvalue weighted by Gasteiger charge is 2.40. The van der Waals surface area contributed by atoms with Crippen LogP contribution in [0.15, 0.2) is 66.7 Å². The average Bonchev–Trinajstić information content (AvgIpc) is 2.82. The molecule has 1 aliphatic heterocycles. The Kier molecular flexibility index (Phi) is 7.21. The minimum absolute atomic E-state index is 0.140. The molecule has 0 amide bonds. The van der Waals surface area contributed by atoms with E-state index in [1.165, 1.54) is 0 Å². The summed E-state index contributed by atoms with van der Waals surface area (Å²) >= 11 is 0. The number of aryl methyl sites for hydroxylation is 1. The fraction of sp³-hybridized carbons (Fsp3) is 0.355. The molecule has 188 valence electrons. The number of hydrogen-bond donors (Lipinski definition) is 0. The van der Waals surface area contributed by atoms with Crippen LogP contribution in [0.2, 0.25) is 0 Å². The molecule has 3 aromatic carbocycles. The lowest BCUT2D eigenvalue weighted by Gasteiger charge is -2.42. The van der Waals surface area contributed by atoms with Crippen molar-refractivity contribution in [2.24, 2.45) is 0 Å². The highest BCUT2D eigenvalue weighted by Crippen LogP contribution is 2.46. The van der Waals surface area contributed by atoms with E-state index < -0.39 is 11.9 Å².